The molecule has 2 aliphatic heterocycles. The maximum absolute atomic E-state index is 12.9. The van der Waals surface area contributed by atoms with Gasteiger partial charge in [-0.05, 0) is 54.3 Å². The van der Waals surface area contributed by atoms with Crippen LogP contribution in [0.1, 0.15) is 51.5 Å². The molecule has 0 saturated carbocycles. The minimum atomic E-state index is -0.149. The Labute approximate surface area is 223 Å². The third-order valence-corrected chi connectivity index (χ3v) is 8.92. The van der Waals surface area contributed by atoms with E-state index in [2.05, 4.69) is 27.0 Å². The maximum atomic E-state index is 12.9. The number of nitrogens with two attached hydrogens (primary N) is 1. The first-order valence-corrected chi connectivity index (χ1v) is 14.0. The molecule has 1 atom stereocenters. The van der Waals surface area contributed by atoms with E-state index in [0.717, 1.165) is 46.0 Å². The van der Waals surface area contributed by atoms with Gasteiger partial charge in [-0.25, -0.2) is 4.98 Å². The zero-order chi connectivity index (χ0) is 25.9. The third kappa shape index (κ3) is 5.74. The Hall–Kier alpha value is -3.12. The Bertz CT molecular complexity index is 1310. The standard InChI is InChI=1S/C26H30N6O3S2/c1-15(33)29-11-17-5-4-16(9-18(17)10-27)22-12-30-25(37-22)19-13-32(14-19)26(35)21-6-7-23(36-21)31-24(34)20-3-2-8-28-20/h4-7,9,12,19-20,28H,2-3,8,10-11,13-14,27H2,1H3,(H,29,33)(H,31,34)/t20-/m0/s1. The van der Waals surface area contributed by atoms with E-state index < -0.39 is 0 Å². The van der Waals surface area contributed by atoms with Gasteiger partial charge >= 0.3 is 0 Å². The van der Waals surface area contributed by atoms with Gasteiger partial charge in [0.15, 0.2) is 0 Å². The number of carbonyl (C=O) groups is 3. The van der Waals surface area contributed by atoms with Crippen molar-refractivity contribution < 1.29 is 14.4 Å². The molecule has 0 spiro atoms. The summed E-state index contributed by atoms with van der Waals surface area (Å²) >= 11 is 2.95. The Kier molecular flexibility index (Phi) is 7.65. The lowest BCUT2D eigenvalue weighted by atomic mass is 10.0. The molecule has 5 N–H and O–H groups in total. The van der Waals surface area contributed by atoms with E-state index in [9.17, 15) is 14.4 Å². The highest BCUT2D eigenvalue weighted by atomic mass is 32.1. The van der Waals surface area contributed by atoms with Crippen molar-refractivity contribution >= 4 is 45.4 Å². The fourth-order valence-corrected chi connectivity index (χ4v) is 6.44. The van der Waals surface area contributed by atoms with Gasteiger partial charge in [-0.2, -0.15) is 0 Å². The van der Waals surface area contributed by atoms with Gasteiger partial charge in [0.25, 0.3) is 5.91 Å². The van der Waals surface area contributed by atoms with Gasteiger partial charge in [-0.15, -0.1) is 22.7 Å². The van der Waals surface area contributed by atoms with Gasteiger partial charge in [0.2, 0.25) is 11.8 Å². The minimum Gasteiger partial charge on any atom is -0.352 e. The molecule has 3 amide bonds. The van der Waals surface area contributed by atoms with Crippen LogP contribution < -0.4 is 21.7 Å². The van der Waals surface area contributed by atoms with E-state index in [0.29, 0.717) is 36.1 Å². The highest BCUT2D eigenvalue weighted by Crippen LogP contribution is 2.36. The molecule has 0 unspecified atom stereocenters. The summed E-state index contributed by atoms with van der Waals surface area (Å²) in [6.07, 6.45) is 3.72. The molecule has 0 bridgehead atoms. The van der Waals surface area contributed by atoms with Crippen LogP contribution in [0.2, 0.25) is 0 Å². The predicted molar refractivity (Wildman–Crippen MR) is 146 cm³/mol. The Morgan fingerprint density at radius 3 is 2.73 bits per heavy atom. The van der Waals surface area contributed by atoms with E-state index in [1.807, 2.05) is 23.2 Å². The lowest BCUT2D eigenvalue weighted by molar-refractivity contribution is -0.119. The third-order valence-electron chi connectivity index (χ3n) is 6.72. The molecule has 2 aromatic heterocycles. The number of likely N-dealkylation sites (tertiary alicyclic amines) is 1. The van der Waals surface area contributed by atoms with E-state index >= 15 is 0 Å². The molecule has 1 aromatic carbocycles. The first-order chi connectivity index (χ1) is 17.9. The second kappa shape index (κ2) is 11.1. The second-order valence-corrected chi connectivity index (χ2v) is 11.5. The molecule has 5 rings (SSSR count). The van der Waals surface area contributed by atoms with Gasteiger partial charge in [0, 0.05) is 45.2 Å². The van der Waals surface area contributed by atoms with Crippen LogP contribution in [0, 0.1) is 0 Å². The summed E-state index contributed by atoms with van der Waals surface area (Å²) in [5, 5.41) is 10.6. The van der Waals surface area contributed by atoms with Crippen molar-refractivity contribution in [3.63, 3.8) is 0 Å². The number of anilines is 1. The number of nitrogens with zero attached hydrogens (tertiary/aromatic N) is 2. The molecule has 2 aliphatic rings. The van der Waals surface area contributed by atoms with Crippen molar-refractivity contribution in [1.82, 2.24) is 20.5 Å². The summed E-state index contributed by atoms with van der Waals surface area (Å²) < 4.78 is 0. The van der Waals surface area contributed by atoms with Crippen LogP contribution in [0.4, 0.5) is 5.00 Å². The molecular formula is C26H30N6O3S2. The Morgan fingerprint density at radius 1 is 1.16 bits per heavy atom. The molecule has 2 saturated heterocycles. The van der Waals surface area contributed by atoms with Gasteiger partial charge in [0.1, 0.15) is 0 Å². The van der Waals surface area contributed by atoms with Gasteiger partial charge in [-0.1, -0.05) is 12.1 Å². The van der Waals surface area contributed by atoms with Crippen LogP contribution in [0.5, 0.6) is 0 Å². The zero-order valence-corrected chi connectivity index (χ0v) is 22.2. The van der Waals surface area contributed by atoms with Crippen molar-refractivity contribution in [3.8, 4) is 10.4 Å². The molecule has 0 aliphatic carbocycles. The summed E-state index contributed by atoms with van der Waals surface area (Å²) in [5.41, 5.74) is 8.99. The topological polar surface area (TPSA) is 129 Å². The number of rotatable bonds is 8. The van der Waals surface area contributed by atoms with Crippen molar-refractivity contribution in [1.29, 1.82) is 0 Å². The SMILES string of the molecule is CC(=O)NCc1ccc(-c2cnc(C3CN(C(=O)c4ccc(NC(=O)[C@@H]5CCCN5)s4)C3)s2)cc1CN. The highest BCUT2D eigenvalue weighted by Gasteiger charge is 2.35. The molecule has 9 nitrogen and oxygen atoms in total. The minimum absolute atomic E-state index is 0.0140. The normalized spacial score (nSPS) is 17.5. The quantitative estimate of drug-likeness (QED) is 0.349. The first kappa shape index (κ1) is 25.5. The van der Waals surface area contributed by atoms with Gasteiger partial charge < -0.3 is 26.6 Å². The Balaban J connectivity index is 1.17. The molecule has 37 heavy (non-hydrogen) atoms. The van der Waals surface area contributed by atoms with Crippen LogP contribution in [0.25, 0.3) is 10.4 Å². The summed E-state index contributed by atoms with van der Waals surface area (Å²) in [4.78, 5) is 44.6. The lowest BCUT2D eigenvalue weighted by Crippen LogP contribution is -2.48. The maximum Gasteiger partial charge on any atom is 0.264 e. The molecule has 4 heterocycles. The lowest BCUT2D eigenvalue weighted by Gasteiger charge is -2.37. The average molecular weight is 539 g/mol. The number of benzene rings is 1. The van der Waals surface area contributed by atoms with Gasteiger partial charge in [-0.3, -0.25) is 14.4 Å². The molecule has 3 aromatic rings. The number of carbonyl (C=O) groups excluding carboxylic acids is 3. The van der Waals surface area contributed by atoms with Crippen LogP contribution in [-0.2, 0) is 22.7 Å². The smallest absolute Gasteiger partial charge is 0.264 e. The number of hydrogen-bond acceptors (Lipinski definition) is 8. The molecular weight excluding hydrogens is 508 g/mol. The predicted octanol–water partition coefficient (Wildman–Crippen LogP) is 2.90. The van der Waals surface area contributed by atoms with Crippen LogP contribution in [-0.4, -0.2) is 53.3 Å². The van der Waals surface area contributed by atoms with Crippen molar-refractivity contribution in [2.45, 2.75) is 44.8 Å². The zero-order valence-electron chi connectivity index (χ0n) is 20.6. The number of thiazole rings is 1. The average Bonchev–Trinajstić information content (AvgIpc) is 3.64. The second-order valence-electron chi connectivity index (χ2n) is 9.37. The summed E-state index contributed by atoms with van der Waals surface area (Å²) in [6, 6.07) is 9.51. The van der Waals surface area contributed by atoms with E-state index in [-0.39, 0.29) is 29.7 Å². The van der Waals surface area contributed by atoms with Crippen molar-refractivity contribution in [2.24, 2.45) is 5.73 Å². The fourth-order valence-electron chi connectivity index (χ4n) is 4.56. The molecule has 2 fully saturated rings. The summed E-state index contributed by atoms with van der Waals surface area (Å²) in [7, 11) is 0. The van der Waals surface area contributed by atoms with E-state index in [1.54, 1.807) is 23.5 Å². The number of aromatic nitrogens is 1. The van der Waals surface area contributed by atoms with Crippen LogP contribution in [0.3, 0.4) is 0 Å². The largest absolute Gasteiger partial charge is 0.352 e. The fraction of sp³-hybridized carbons (Fsp3) is 0.385. The van der Waals surface area contributed by atoms with Crippen molar-refractivity contribution in [3.05, 3.63) is 57.5 Å². The number of amides is 3. The van der Waals surface area contributed by atoms with Crippen LogP contribution >= 0.6 is 22.7 Å². The molecule has 0 radical (unpaired) electrons. The van der Waals surface area contributed by atoms with E-state index in [4.69, 9.17) is 5.73 Å². The first-order valence-electron chi connectivity index (χ1n) is 12.4. The number of thiophene rings is 1. The molecule has 194 valence electrons. The van der Waals surface area contributed by atoms with Crippen LogP contribution in [0.15, 0.2) is 36.5 Å². The summed E-state index contributed by atoms with van der Waals surface area (Å²) in [6.45, 7) is 4.46. The number of nitrogens with one attached hydrogen (secondary N) is 3. The Morgan fingerprint density at radius 2 is 2.00 bits per heavy atom. The monoisotopic (exact) mass is 538 g/mol. The summed E-state index contributed by atoms with van der Waals surface area (Å²) in [5.74, 6) is 0.0846. The molecule has 11 heteroatoms. The van der Waals surface area contributed by atoms with E-state index in [1.165, 1.54) is 18.3 Å². The van der Waals surface area contributed by atoms with Gasteiger partial charge in [0.05, 0.1) is 25.8 Å². The van der Waals surface area contributed by atoms with Crippen molar-refractivity contribution in [2.75, 3.05) is 25.0 Å². The number of hydrogen-bond donors (Lipinski definition) is 4. The highest BCUT2D eigenvalue weighted by molar-refractivity contribution is 7.18.